The zero-order valence-corrected chi connectivity index (χ0v) is 22.6. The minimum atomic E-state index is -0.368. The van der Waals surface area contributed by atoms with Gasteiger partial charge in [0.2, 0.25) is 5.91 Å². The topological polar surface area (TPSA) is 97.3 Å². The SMILES string of the molecule is COc1cc2c(cc1OCCC(=O)Nc1ccc(Cl)cc1C(=O)c1ccccc1Cl)N=C[C@@H]1CCCN1C2=O. The standard InChI is InChI=1S/C29H25Cl2N3O5/c1-38-25-14-21-24(32-16-18-5-4-11-34(18)29(21)37)15-26(25)39-12-10-27(35)33-23-9-8-17(30)13-20(23)28(36)19-6-2-3-7-22(19)31/h2-3,6-9,13-16,18H,4-5,10-12H2,1H3,(H,33,35)/t18-/m0/s1. The molecule has 3 aromatic rings. The Balaban J connectivity index is 1.28. The second kappa shape index (κ2) is 11.5. The maximum Gasteiger partial charge on any atom is 0.256 e. The van der Waals surface area contributed by atoms with Crippen molar-refractivity contribution >= 4 is 58.4 Å². The lowest BCUT2D eigenvalue weighted by molar-refractivity contribution is -0.116. The molecule has 8 nitrogen and oxygen atoms in total. The van der Waals surface area contributed by atoms with Crippen LogP contribution in [0.1, 0.15) is 45.5 Å². The van der Waals surface area contributed by atoms with Crippen molar-refractivity contribution in [2.24, 2.45) is 4.99 Å². The first-order valence-electron chi connectivity index (χ1n) is 12.4. The first-order valence-corrected chi connectivity index (χ1v) is 13.2. The fourth-order valence-corrected chi connectivity index (χ4v) is 5.08. The van der Waals surface area contributed by atoms with Gasteiger partial charge in [-0.15, -0.1) is 0 Å². The summed E-state index contributed by atoms with van der Waals surface area (Å²) in [7, 11) is 1.49. The van der Waals surface area contributed by atoms with Crippen molar-refractivity contribution in [1.29, 1.82) is 0 Å². The molecule has 0 saturated carbocycles. The average molecular weight is 566 g/mol. The normalized spacial score (nSPS) is 15.8. The molecular formula is C29H25Cl2N3O5. The summed E-state index contributed by atoms with van der Waals surface area (Å²) in [4.78, 5) is 45.3. The molecule has 2 aliphatic heterocycles. The summed E-state index contributed by atoms with van der Waals surface area (Å²) in [6, 6.07) is 14.6. The number of hydrogen-bond donors (Lipinski definition) is 1. The number of nitrogens with zero attached hydrogens (tertiary/aromatic N) is 2. The number of halogens is 2. The molecule has 3 aromatic carbocycles. The van der Waals surface area contributed by atoms with Crippen LogP contribution in [0.3, 0.4) is 0 Å². The van der Waals surface area contributed by atoms with Crippen LogP contribution >= 0.6 is 23.2 Å². The third kappa shape index (κ3) is 5.62. The molecule has 0 aliphatic carbocycles. The van der Waals surface area contributed by atoms with Crippen LogP contribution in [0.25, 0.3) is 0 Å². The molecule has 5 rings (SSSR count). The Kier molecular flexibility index (Phi) is 7.86. The Labute approximate surface area is 235 Å². The van der Waals surface area contributed by atoms with Crippen molar-refractivity contribution in [3.8, 4) is 11.5 Å². The number of rotatable bonds is 8. The molecule has 0 unspecified atom stereocenters. The van der Waals surface area contributed by atoms with Gasteiger partial charge in [-0.2, -0.15) is 0 Å². The smallest absolute Gasteiger partial charge is 0.256 e. The second-order valence-electron chi connectivity index (χ2n) is 9.15. The summed E-state index contributed by atoms with van der Waals surface area (Å²) in [5.41, 5.74) is 1.79. The van der Waals surface area contributed by atoms with Gasteiger partial charge in [-0.25, -0.2) is 0 Å². The number of benzene rings is 3. The van der Waals surface area contributed by atoms with Crippen LogP contribution in [0.5, 0.6) is 11.5 Å². The highest BCUT2D eigenvalue weighted by Gasteiger charge is 2.32. The summed E-state index contributed by atoms with van der Waals surface area (Å²) in [6.07, 6.45) is 3.62. The molecule has 2 amide bonds. The monoisotopic (exact) mass is 565 g/mol. The maximum atomic E-state index is 13.1. The van der Waals surface area contributed by atoms with E-state index in [1.807, 2.05) is 4.90 Å². The molecule has 1 atom stereocenters. The average Bonchev–Trinajstić information content (AvgIpc) is 3.36. The van der Waals surface area contributed by atoms with Crippen molar-refractivity contribution in [2.75, 3.05) is 25.6 Å². The molecule has 200 valence electrons. The zero-order valence-electron chi connectivity index (χ0n) is 21.1. The second-order valence-corrected chi connectivity index (χ2v) is 10.00. The van der Waals surface area contributed by atoms with Crippen molar-refractivity contribution in [3.63, 3.8) is 0 Å². The Morgan fingerprint density at radius 3 is 2.69 bits per heavy atom. The van der Waals surface area contributed by atoms with Gasteiger partial charge in [0.1, 0.15) is 0 Å². The molecule has 0 radical (unpaired) electrons. The highest BCUT2D eigenvalue weighted by Crippen LogP contribution is 2.38. The van der Waals surface area contributed by atoms with Crippen LogP contribution in [-0.4, -0.2) is 55.0 Å². The lowest BCUT2D eigenvalue weighted by Crippen LogP contribution is -2.35. The lowest BCUT2D eigenvalue weighted by Gasteiger charge is -2.20. The van der Waals surface area contributed by atoms with Gasteiger partial charge in [0.05, 0.1) is 48.1 Å². The third-order valence-corrected chi connectivity index (χ3v) is 7.23. The van der Waals surface area contributed by atoms with Crippen LogP contribution < -0.4 is 14.8 Å². The largest absolute Gasteiger partial charge is 0.493 e. The number of methoxy groups -OCH3 is 1. The van der Waals surface area contributed by atoms with Crippen LogP contribution in [0, 0.1) is 0 Å². The molecule has 0 bridgehead atoms. The van der Waals surface area contributed by atoms with E-state index in [9.17, 15) is 14.4 Å². The van der Waals surface area contributed by atoms with Gasteiger partial charge in [0.15, 0.2) is 17.3 Å². The molecule has 2 aliphatic rings. The number of ether oxygens (including phenoxy) is 2. The van der Waals surface area contributed by atoms with Crippen LogP contribution in [0.2, 0.25) is 10.0 Å². The predicted molar refractivity (Wildman–Crippen MR) is 150 cm³/mol. The highest BCUT2D eigenvalue weighted by atomic mass is 35.5. The zero-order chi connectivity index (χ0) is 27.5. The van der Waals surface area contributed by atoms with Crippen molar-refractivity contribution in [1.82, 2.24) is 4.90 Å². The number of fused-ring (bicyclic) bond motifs is 2. The summed E-state index contributed by atoms with van der Waals surface area (Å²) in [6.45, 7) is 0.721. The quantitative estimate of drug-likeness (QED) is 0.340. The fraction of sp³-hybridized carbons (Fsp3) is 0.241. The molecule has 39 heavy (non-hydrogen) atoms. The Hall–Kier alpha value is -3.88. The maximum absolute atomic E-state index is 13.1. The third-order valence-electron chi connectivity index (χ3n) is 6.66. The number of amides is 2. The number of aliphatic imine (C=N–C) groups is 1. The van der Waals surface area contributed by atoms with Crippen LogP contribution in [0.15, 0.2) is 59.6 Å². The number of anilines is 1. The van der Waals surface area contributed by atoms with E-state index in [1.54, 1.807) is 54.7 Å². The Bertz CT molecular complexity index is 1490. The minimum absolute atomic E-state index is 0.00786. The highest BCUT2D eigenvalue weighted by molar-refractivity contribution is 6.36. The van der Waals surface area contributed by atoms with E-state index in [0.717, 1.165) is 12.8 Å². The molecule has 0 aromatic heterocycles. The number of carbonyl (C=O) groups excluding carboxylic acids is 3. The van der Waals surface area contributed by atoms with E-state index >= 15 is 0 Å². The fourth-order valence-electron chi connectivity index (χ4n) is 4.69. The lowest BCUT2D eigenvalue weighted by atomic mass is 10.0. The van der Waals surface area contributed by atoms with E-state index in [1.165, 1.54) is 13.2 Å². The molecule has 0 spiro atoms. The Morgan fingerprint density at radius 1 is 1.08 bits per heavy atom. The van der Waals surface area contributed by atoms with Gasteiger partial charge in [-0.05, 0) is 49.2 Å². The molecule has 10 heteroatoms. The van der Waals surface area contributed by atoms with E-state index in [0.29, 0.717) is 50.6 Å². The molecular weight excluding hydrogens is 541 g/mol. The van der Waals surface area contributed by atoms with Crippen molar-refractivity contribution < 1.29 is 23.9 Å². The number of hydrogen-bond acceptors (Lipinski definition) is 6. The van der Waals surface area contributed by atoms with Gasteiger partial charge >= 0.3 is 0 Å². The minimum Gasteiger partial charge on any atom is -0.493 e. The van der Waals surface area contributed by atoms with Gasteiger partial charge in [-0.3, -0.25) is 19.4 Å². The summed E-state index contributed by atoms with van der Waals surface area (Å²) < 4.78 is 11.3. The summed E-state index contributed by atoms with van der Waals surface area (Å²) >= 11 is 12.3. The first-order chi connectivity index (χ1) is 18.9. The van der Waals surface area contributed by atoms with Crippen LogP contribution in [0.4, 0.5) is 11.4 Å². The molecule has 1 N–H and O–H groups in total. The van der Waals surface area contributed by atoms with Crippen LogP contribution in [-0.2, 0) is 4.79 Å². The summed E-state index contributed by atoms with van der Waals surface area (Å²) in [5, 5.41) is 3.41. The number of nitrogens with one attached hydrogen (secondary N) is 1. The molecule has 1 fully saturated rings. The van der Waals surface area contributed by atoms with E-state index in [2.05, 4.69) is 10.3 Å². The van der Waals surface area contributed by atoms with Crippen molar-refractivity contribution in [3.05, 3.63) is 81.3 Å². The molecule has 2 heterocycles. The van der Waals surface area contributed by atoms with Gasteiger partial charge in [0, 0.05) is 35.0 Å². The van der Waals surface area contributed by atoms with E-state index < -0.39 is 0 Å². The van der Waals surface area contributed by atoms with Gasteiger partial charge < -0.3 is 19.7 Å². The van der Waals surface area contributed by atoms with E-state index in [4.69, 9.17) is 32.7 Å². The first kappa shape index (κ1) is 26.7. The molecule has 1 saturated heterocycles. The van der Waals surface area contributed by atoms with E-state index in [-0.39, 0.29) is 42.2 Å². The van der Waals surface area contributed by atoms with Crippen molar-refractivity contribution in [2.45, 2.75) is 25.3 Å². The van der Waals surface area contributed by atoms with Gasteiger partial charge in [0.25, 0.3) is 5.91 Å². The Morgan fingerprint density at radius 2 is 1.90 bits per heavy atom. The predicted octanol–water partition coefficient (Wildman–Crippen LogP) is 5.96. The number of carbonyl (C=O) groups is 3. The number of ketones is 1. The summed E-state index contributed by atoms with van der Waals surface area (Å²) in [5.74, 6) is -0.0647. The van der Waals surface area contributed by atoms with Gasteiger partial charge in [-0.1, -0.05) is 35.3 Å².